The molecule has 0 saturated carbocycles. The maximum absolute atomic E-state index is 10.9. The molecule has 0 aliphatic carbocycles. The molecule has 0 spiro atoms. The first-order valence-corrected chi connectivity index (χ1v) is 20.1. The Bertz CT molecular complexity index is 1350. The summed E-state index contributed by atoms with van der Waals surface area (Å²) < 4.78 is 64.6. The van der Waals surface area contributed by atoms with Gasteiger partial charge in [0.15, 0.2) is 0 Å². The van der Waals surface area contributed by atoms with Crippen molar-refractivity contribution in [1.82, 2.24) is 0 Å². The molecule has 3 rings (SSSR count). The molecule has 0 unspecified atom stereocenters. The first kappa shape index (κ1) is 34.0. The van der Waals surface area contributed by atoms with Gasteiger partial charge in [0.05, 0.1) is 0 Å². The molecule has 0 bridgehead atoms. The van der Waals surface area contributed by atoms with Crippen LogP contribution in [-0.2, 0) is 20.2 Å². The number of rotatable bonds is 20. The molecule has 228 valence electrons. The van der Waals surface area contributed by atoms with E-state index in [0.717, 1.165) is 77.0 Å². The predicted octanol–water partition coefficient (Wildman–Crippen LogP) is 5.15. The van der Waals surface area contributed by atoms with E-state index in [-0.39, 0.29) is 32.7 Å². The Morgan fingerprint density at radius 1 is 0.512 bits per heavy atom. The Kier molecular flexibility index (Phi) is 14.5. The molecule has 2 aromatic carbocycles. The fourth-order valence-electron chi connectivity index (χ4n) is 5.20. The van der Waals surface area contributed by atoms with Crippen LogP contribution in [0.3, 0.4) is 0 Å². The van der Waals surface area contributed by atoms with Gasteiger partial charge in [0, 0.05) is 0 Å². The van der Waals surface area contributed by atoms with Crippen LogP contribution < -0.4 is 21.2 Å². The van der Waals surface area contributed by atoms with Crippen molar-refractivity contribution in [2.24, 2.45) is 0 Å². The third-order valence-electron chi connectivity index (χ3n) is 7.27. The zero-order valence-electron chi connectivity index (χ0n) is 23.8. The summed E-state index contributed by atoms with van der Waals surface area (Å²) in [5, 5.41) is 0. The van der Waals surface area contributed by atoms with Gasteiger partial charge in [-0.25, -0.2) is 0 Å². The van der Waals surface area contributed by atoms with Crippen LogP contribution in [0.2, 0.25) is 0 Å². The van der Waals surface area contributed by atoms with Gasteiger partial charge < -0.3 is 0 Å². The van der Waals surface area contributed by atoms with Crippen molar-refractivity contribution in [3.8, 4) is 0 Å². The molecule has 0 atom stereocenters. The predicted molar refractivity (Wildman–Crippen MR) is 164 cm³/mol. The Morgan fingerprint density at radius 2 is 0.927 bits per heavy atom. The van der Waals surface area contributed by atoms with Gasteiger partial charge in [-0.05, 0) is 0 Å². The third kappa shape index (κ3) is 13.1. The Morgan fingerprint density at radius 3 is 1.41 bits per heavy atom. The fourth-order valence-corrected chi connectivity index (χ4v) is 10.1. The average Bonchev–Trinajstić information content (AvgIpc) is 3.29. The van der Waals surface area contributed by atoms with Crippen LogP contribution in [0.5, 0.6) is 0 Å². The summed E-state index contributed by atoms with van der Waals surface area (Å²) in [6.07, 6.45) is 13.4. The second kappa shape index (κ2) is 17.6. The summed E-state index contributed by atoms with van der Waals surface area (Å²) in [5.41, 5.74) is 5.57. The van der Waals surface area contributed by atoms with Crippen LogP contribution >= 0.6 is 0 Å². The van der Waals surface area contributed by atoms with Gasteiger partial charge in [-0.2, -0.15) is 0 Å². The second-order valence-electron chi connectivity index (χ2n) is 10.7. The summed E-state index contributed by atoms with van der Waals surface area (Å²) in [4.78, 5) is 0. The number of hydrogen-bond donors (Lipinski definition) is 2. The number of benzene rings is 2. The standard InChI is InChI=1S/C32H44IO6S2/c34-40(35,36)25-17-7-3-1-5-15-23-29-30(24-16-6-2-4-8-18-26-41(37,38)39)33-32(28-21-13-10-14-22-28)31(29)27-19-11-9-12-20-27/h9-14,19-22H,1-8,15-18,23-26H2,(H,34,35,36)(H,37,38,39)/q-1. The molecule has 2 N–H and O–H groups in total. The van der Waals surface area contributed by atoms with Gasteiger partial charge >= 0.3 is 259 Å². The molecule has 1 aliphatic rings. The van der Waals surface area contributed by atoms with Crippen LogP contribution in [0.15, 0.2) is 69.8 Å². The van der Waals surface area contributed by atoms with E-state index >= 15 is 0 Å². The van der Waals surface area contributed by atoms with E-state index in [4.69, 9.17) is 9.11 Å². The van der Waals surface area contributed by atoms with Crippen molar-refractivity contribution in [3.05, 3.63) is 80.9 Å². The van der Waals surface area contributed by atoms with Crippen LogP contribution in [0.25, 0.3) is 9.15 Å². The molecule has 9 heteroatoms. The van der Waals surface area contributed by atoms with Crippen LogP contribution in [0.1, 0.15) is 101 Å². The van der Waals surface area contributed by atoms with E-state index < -0.39 is 20.2 Å². The first-order valence-electron chi connectivity index (χ1n) is 14.8. The third-order valence-corrected chi connectivity index (χ3v) is 12.4. The Hall–Kier alpha value is -1.53. The van der Waals surface area contributed by atoms with Crippen molar-refractivity contribution >= 4 is 29.4 Å². The topological polar surface area (TPSA) is 109 Å². The molecule has 0 amide bonds. The number of unbranched alkanes of at least 4 members (excludes halogenated alkanes) is 10. The van der Waals surface area contributed by atoms with Crippen molar-refractivity contribution < 1.29 is 47.1 Å². The van der Waals surface area contributed by atoms with E-state index in [1.807, 2.05) is 0 Å². The molecule has 1 aliphatic heterocycles. The van der Waals surface area contributed by atoms with Crippen molar-refractivity contribution in [2.45, 2.75) is 89.9 Å². The fraction of sp³-hybridized carbons (Fsp3) is 0.500. The van der Waals surface area contributed by atoms with Gasteiger partial charge in [0.1, 0.15) is 0 Å². The second-order valence-corrected chi connectivity index (χ2v) is 16.8. The monoisotopic (exact) mass is 715 g/mol. The quantitative estimate of drug-likeness (QED) is 0.112. The van der Waals surface area contributed by atoms with Crippen LogP contribution in [0.4, 0.5) is 0 Å². The SMILES string of the molecule is O=S(=O)(O)CCCCCCCCC1=C(CCCCCCCCS(=O)(=O)O)C(c2ccccc2)=C(c2ccccc2)[I-]1. The van der Waals surface area contributed by atoms with E-state index in [1.165, 1.54) is 25.9 Å². The van der Waals surface area contributed by atoms with E-state index in [0.29, 0.717) is 12.8 Å². The van der Waals surface area contributed by atoms with Gasteiger partial charge in [-0.1, -0.05) is 0 Å². The maximum atomic E-state index is 10.9. The summed E-state index contributed by atoms with van der Waals surface area (Å²) in [6.45, 7) is 0. The zero-order chi connectivity index (χ0) is 29.6. The summed E-state index contributed by atoms with van der Waals surface area (Å²) in [7, 11) is -7.71. The summed E-state index contributed by atoms with van der Waals surface area (Å²) in [5.74, 6) is -0.292. The van der Waals surface area contributed by atoms with Crippen molar-refractivity contribution in [3.63, 3.8) is 0 Å². The van der Waals surface area contributed by atoms with E-state index in [2.05, 4.69) is 60.7 Å². The molecule has 6 nitrogen and oxygen atoms in total. The van der Waals surface area contributed by atoms with Gasteiger partial charge in [-0.15, -0.1) is 0 Å². The van der Waals surface area contributed by atoms with E-state index in [9.17, 15) is 16.8 Å². The molecule has 0 aromatic heterocycles. The van der Waals surface area contributed by atoms with Crippen molar-refractivity contribution in [1.29, 1.82) is 0 Å². The molecule has 0 fully saturated rings. The molecule has 41 heavy (non-hydrogen) atoms. The summed E-state index contributed by atoms with van der Waals surface area (Å²) in [6, 6.07) is 21.5. The molecule has 2 aromatic rings. The van der Waals surface area contributed by atoms with Crippen LogP contribution in [0, 0.1) is 0 Å². The minimum absolute atomic E-state index is 0.144. The van der Waals surface area contributed by atoms with Crippen molar-refractivity contribution in [2.75, 3.05) is 11.5 Å². The Balaban J connectivity index is 1.64. The molecule has 1 heterocycles. The Labute approximate surface area is 257 Å². The molecule has 0 radical (unpaired) electrons. The molecule has 0 saturated heterocycles. The number of allylic oxidation sites excluding steroid dienone is 3. The zero-order valence-corrected chi connectivity index (χ0v) is 27.6. The normalized spacial score (nSPS) is 14.5. The van der Waals surface area contributed by atoms with Gasteiger partial charge in [-0.3, -0.25) is 0 Å². The summed E-state index contributed by atoms with van der Waals surface area (Å²) >= 11 is -0.282. The van der Waals surface area contributed by atoms with Gasteiger partial charge in [0.2, 0.25) is 0 Å². The number of hydrogen-bond acceptors (Lipinski definition) is 4. The molecular formula is C32H44IO6S2-. The number of halogens is 1. The first-order chi connectivity index (χ1) is 19.6. The van der Waals surface area contributed by atoms with E-state index in [1.54, 1.807) is 3.58 Å². The minimum atomic E-state index is -3.86. The van der Waals surface area contributed by atoms with Crippen LogP contribution in [-0.4, -0.2) is 37.4 Å². The molecular weight excluding hydrogens is 671 g/mol. The average molecular weight is 716 g/mol. The van der Waals surface area contributed by atoms with Gasteiger partial charge in [0.25, 0.3) is 0 Å².